The summed E-state index contributed by atoms with van der Waals surface area (Å²) in [6.07, 6.45) is 3.22. The Hall–Kier alpha value is -0.900. The number of aromatic nitrogens is 2. The number of hydrogen-bond acceptors (Lipinski definition) is 3. The van der Waals surface area contributed by atoms with Gasteiger partial charge in [-0.1, -0.05) is 0 Å². The van der Waals surface area contributed by atoms with Gasteiger partial charge in [0.2, 0.25) is 0 Å². The lowest BCUT2D eigenvalue weighted by atomic mass is 10.5. The first-order valence-corrected chi connectivity index (χ1v) is 3.51. The number of fused-ring (bicyclic) bond motifs is 1. The van der Waals surface area contributed by atoms with Gasteiger partial charge in [-0.3, -0.25) is 0 Å². The fourth-order valence-corrected chi connectivity index (χ4v) is 1.04. The fourth-order valence-electron chi connectivity index (χ4n) is 0.743. The molecular weight excluding hydrogens is 196 g/mol. The minimum atomic E-state index is 0.585. The second kappa shape index (κ2) is 2.05. The summed E-state index contributed by atoms with van der Waals surface area (Å²) < 4.78 is 5.61. The Morgan fingerprint density at radius 1 is 1.50 bits per heavy atom. The first kappa shape index (κ1) is 5.85. The zero-order chi connectivity index (χ0) is 6.97. The van der Waals surface area contributed by atoms with Crippen LogP contribution < -0.4 is 0 Å². The quantitative estimate of drug-likeness (QED) is 0.609. The van der Waals surface area contributed by atoms with E-state index in [1.807, 2.05) is 0 Å². The minimum Gasteiger partial charge on any atom is -0.461 e. The summed E-state index contributed by atoms with van der Waals surface area (Å²) in [4.78, 5) is 7.94. The fraction of sp³-hybridized carbons (Fsp3) is 0. The molecule has 0 bridgehead atoms. The Morgan fingerprint density at radius 3 is 3.30 bits per heavy atom. The molecule has 2 aromatic heterocycles. The molecule has 2 aromatic rings. The summed E-state index contributed by atoms with van der Waals surface area (Å²) in [6.45, 7) is 0. The summed E-state index contributed by atoms with van der Waals surface area (Å²) in [6, 6.07) is 1.79. The molecule has 0 unspecified atom stereocenters. The van der Waals surface area contributed by atoms with Gasteiger partial charge < -0.3 is 4.42 Å². The Bertz CT molecular complexity index is 357. The van der Waals surface area contributed by atoms with E-state index >= 15 is 0 Å². The molecule has 0 aliphatic carbocycles. The summed E-state index contributed by atoms with van der Waals surface area (Å²) in [5.74, 6) is 0. The zero-order valence-corrected chi connectivity index (χ0v) is 6.50. The molecule has 0 atom stereocenters. The van der Waals surface area contributed by atoms with Crippen molar-refractivity contribution in [3.63, 3.8) is 0 Å². The van der Waals surface area contributed by atoms with Crippen LogP contribution in [0.4, 0.5) is 0 Å². The van der Waals surface area contributed by atoms with Gasteiger partial charge in [0.15, 0.2) is 10.3 Å². The number of nitrogens with zero attached hydrogens (tertiary/aromatic N) is 2. The average Bonchev–Trinajstić information content (AvgIpc) is 2.33. The molecular formula is C6H3BrN2O. The largest absolute Gasteiger partial charge is 0.461 e. The smallest absolute Gasteiger partial charge is 0.197 e. The molecule has 0 amide bonds. The van der Waals surface area contributed by atoms with Gasteiger partial charge in [-0.25, -0.2) is 9.97 Å². The number of furan rings is 1. The number of rotatable bonds is 0. The highest BCUT2D eigenvalue weighted by Crippen LogP contribution is 2.12. The van der Waals surface area contributed by atoms with E-state index in [-0.39, 0.29) is 0 Å². The van der Waals surface area contributed by atoms with Crippen molar-refractivity contribution in [3.8, 4) is 0 Å². The van der Waals surface area contributed by atoms with Crippen molar-refractivity contribution in [2.45, 2.75) is 0 Å². The molecule has 10 heavy (non-hydrogen) atoms. The van der Waals surface area contributed by atoms with Crippen LogP contribution in [-0.4, -0.2) is 9.97 Å². The van der Waals surface area contributed by atoms with Crippen LogP contribution >= 0.6 is 15.9 Å². The standard InChI is InChI=1S/C6H3BrN2O/c7-6-8-3-5-4(9-6)1-2-10-5/h1-3H. The van der Waals surface area contributed by atoms with Crippen molar-refractivity contribution < 1.29 is 4.42 Å². The third-order valence-electron chi connectivity index (χ3n) is 1.17. The van der Waals surface area contributed by atoms with E-state index in [4.69, 9.17) is 4.42 Å². The van der Waals surface area contributed by atoms with Gasteiger partial charge in [0.25, 0.3) is 0 Å². The van der Waals surface area contributed by atoms with Crippen LogP contribution in [0, 0.1) is 0 Å². The molecule has 0 aliphatic heterocycles. The van der Waals surface area contributed by atoms with Crippen molar-refractivity contribution in [2.75, 3.05) is 0 Å². The van der Waals surface area contributed by atoms with Crippen LogP contribution in [0.5, 0.6) is 0 Å². The van der Waals surface area contributed by atoms with Crippen molar-refractivity contribution in [3.05, 3.63) is 23.3 Å². The SMILES string of the molecule is Brc1ncc2occc2n1. The van der Waals surface area contributed by atoms with Crippen LogP contribution in [0.15, 0.2) is 27.7 Å². The first-order chi connectivity index (χ1) is 4.86. The maximum atomic E-state index is 5.03. The molecule has 0 N–H and O–H groups in total. The maximum absolute atomic E-state index is 5.03. The van der Waals surface area contributed by atoms with Crippen molar-refractivity contribution in [1.29, 1.82) is 0 Å². The highest BCUT2D eigenvalue weighted by atomic mass is 79.9. The zero-order valence-electron chi connectivity index (χ0n) is 4.91. The molecule has 0 saturated heterocycles. The Labute approximate surface area is 65.2 Å². The van der Waals surface area contributed by atoms with Crippen molar-refractivity contribution in [2.24, 2.45) is 0 Å². The lowest BCUT2D eigenvalue weighted by Crippen LogP contribution is -1.78. The van der Waals surface area contributed by atoms with Gasteiger partial charge in [0.1, 0.15) is 5.52 Å². The molecule has 3 nitrogen and oxygen atoms in total. The van der Waals surface area contributed by atoms with Crippen LogP contribution in [-0.2, 0) is 0 Å². The second-order valence-corrected chi connectivity index (χ2v) is 2.52. The molecule has 0 saturated carbocycles. The number of hydrogen-bond donors (Lipinski definition) is 0. The third kappa shape index (κ3) is 0.806. The molecule has 0 aliphatic rings. The van der Waals surface area contributed by atoms with Gasteiger partial charge in [0.05, 0.1) is 12.5 Å². The van der Waals surface area contributed by atoms with E-state index in [1.165, 1.54) is 0 Å². The van der Waals surface area contributed by atoms with E-state index in [0.29, 0.717) is 10.3 Å². The maximum Gasteiger partial charge on any atom is 0.197 e. The van der Waals surface area contributed by atoms with Gasteiger partial charge in [-0.15, -0.1) is 0 Å². The Morgan fingerprint density at radius 2 is 2.40 bits per heavy atom. The highest BCUT2D eigenvalue weighted by molar-refractivity contribution is 9.10. The van der Waals surface area contributed by atoms with E-state index in [0.717, 1.165) is 5.52 Å². The number of halogens is 1. The molecule has 0 aromatic carbocycles. The average molecular weight is 199 g/mol. The molecule has 0 fully saturated rings. The van der Waals surface area contributed by atoms with Crippen molar-refractivity contribution >= 4 is 27.0 Å². The molecule has 2 rings (SSSR count). The Balaban J connectivity index is 2.86. The predicted octanol–water partition coefficient (Wildman–Crippen LogP) is 1.99. The van der Waals surface area contributed by atoms with Crippen LogP contribution in [0.3, 0.4) is 0 Å². The summed E-state index contributed by atoms with van der Waals surface area (Å²) in [5, 5.41) is 0. The van der Waals surface area contributed by atoms with Gasteiger partial charge in [-0.05, 0) is 15.9 Å². The molecule has 4 heteroatoms. The van der Waals surface area contributed by atoms with Crippen LogP contribution in [0.2, 0.25) is 0 Å². The highest BCUT2D eigenvalue weighted by Gasteiger charge is 1.97. The van der Waals surface area contributed by atoms with E-state index in [2.05, 4.69) is 25.9 Å². The van der Waals surface area contributed by atoms with Crippen LogP contribution in [0.25, 0.3) is 11.1 Å². The summed E-state index contributed by atoms with van der Waals surface area (Å²) in [7, 11) is 0. The van der Waals surface area contributed by atoms with Crippen LogP contribution in [0.1, 0.15) is 0 Å². The summed E-state index contributed by atoms with van der Waals surface area (Å²) >= 11 is 3.15. The third-order valence-corrected chi connectivity index (χ3v) is 1.56. The molecule has 0 spiro atoms. The van der Waals surface area contributed by atoms with Gasteiger partial charge in [-0.2, -0.15) is 0 Å². The monoisotopic (exact) mass is 198 g/mol. The topological polar surface area (TPSA) is 38.9 Å². The predicted molar refractivity (Wildman–Crippen MR) is 39.5 cm³/mol. The molecule has 50 valence electrons. The minimum absolute atomic E-state index is 0.585. The van der Waals surface area contributed by atoms with E-state index in [9.17, 15) is 0 Å². The normalized spacial score (nSPS) is 10.5. The van der Waals surface area contributed by atoms with E-state index < -0.39 is 0 Å². The van der Waals surface area contributed by atoms with E-state index in [1.54, 1.807) is 18.5 Å². The molecule has 2 heterocycles. The van der Waals surface area contributed by atoms with Crippen molar-refractivity contribution in [1.82, 2.24) is 9.97 Å². The Kier molecular flexibility index (Phi) is 1.20. The van der Waals surface area contributed by atoms with Gasteiger partial charge in [0, 0.05) is 6.07 Å². The second-order valence-electron chi connectivity index (χ2n) is 1.81. The summed E-state index contributed by atoms with van der Waals surface area (Å²) in [5.41, 5.74) is 1.53. The lowest BCUT2D eigenvalue weighted by Gasteiger charge is -1.86. The molecule has 0 radical (unpaired) electrons. The van der Waals surface area contributed by atoms with Gasteiger partial charge >= 0.3 is 0 Å². The lowest BCUT2D eigenvalue weighted by molar-refractivity contribution is 0.613. The first-order valence-electron chi connectivity index (χ1n) is 2.72.